The van der Waals surface area contributed by atoms with Crippen molar-refractivity contribution in [3.05, 3.63) is 58.5 Å². The minimum absolute atomic E-state index is 0.374. The summed E-state index contributed by atoms with van der Waals surface area (Å²) in [5.74, 6) is 1.01. The van der Waals surface area contributed by atoms with Gasteiger partial charge in [-0.3, -0.25) is 4.72 Å². The Morgan fingerprint density at radius 1 is 1.00 bits per heavy atom. The van der Waals surface area contributed by atoms with Crippen molar-refractivity contribution in [1.29, 1.82) is 0 Å². The van der Waals surface area contributed by atoms with E-state index in [2.05, 4.69) is 4.72 Å². The van der Waals surface area contributed by atoms with Crippen LogP contribution in [0, 0.1) is 0 Å². The van der Waals surface area contributed by atoms with Gasteiger partial charge in [-0.15, -0.1) is 0 Å². The monoisotopic (exact) mass is 345 g/mol. The Balaban J connectivity index is 1.92. The quantitative estimate of drug-likeness (QED) is 0.902. The maximum absolute atomic E-state index is 12.7. The molecule has 0 aromatic heterocycles. The molecule has 0 fully saturated rings. The molecule has 3 rings (SSSR count). The molecule has 0 bridgehead atoms. The van der Waals surface area contributed by atoms with Crippen LogP contribution in [0.25, 0.3) is 6.08 Å². The number of methoxy groups -OCH3 is 2. The lowest BCUT2D eigenvalue weighted by Crippen LogP contribution is -2.18. The molecule has 0 saturated heterocycles. The first kappa shape index (κ1) is 16.4. The summed E-state index contributed by atoms with van der Waals surface area (Å²) in [6.07, 6.45) is 2.92. The van der Waals surface area contributed by atoms with Crippen molar-refractivity contribution in [1.82, 2.24) is 0 Å². The number of fused-ring (bicyclic) bond motifs is 1. The largest absolute Gasteiger partial charge is 0.497 e. The van der Waals surface area contributed by atoms with E-state index in [-0.39, 0.29) is 0 Å². The van der Waals surface area contributed by atoms with Gasteiger partial charge < -0.3 is 9.47 Å². The lowest BCUT2D eigenvalue weighted by Gasteiger charge is -2.18. The Morgan fingerprint density at radius 2 is 1.79 bits per heavy atom. The summed E-state index contributed by atoms with van der Waals surface area (Å²) >= 11 is 0. The van der Waals surface area contributed by atoms with Crippen molar-refractivity contribution in [2.24, 2.45) is 0 Å². The second-order valence-electron chi connectivity index (χ2n) is 5.48. The third kappa shape index (κ3) is 3.23. The fourth-order valence-electron chi connectivity index (χ4n) is 2.71. The van der Waals surface area contributed by atoms with Gasteiger partial charge in [-0.1, -0.05) is 24.3 Å². The average Bonchev–Trinajstić information content (AvgIpc) is 2.61. The molecule has 5 nitrogen and oxygen atoms in total. The number of allylic oxidation sites excluding steroid dienone is 1. The number of anilines is 1. The van der Waals surface area contributed by atoms with Gasteiger partial charge in [0.15, 0.2) is 0 Å². The molecule has 1 aliphatic rings. The van der Waals surface area contributed by atoms with Crippen LogP contribution < -0.4 is 14.2 Å². The molecule has 0 amide bonds. The molecule has 0 heterocycles. The van der Waals surface area contributed by atoms with E-state index in [1.807, 2.05) is 24.3 Å². The number of hydrogen-bond donors (Lipinski definition) is 1. The van der Waals surface area contributed by atoms with Gasteiger partial charge in [-0.2, -0.15) is 0 Å². The second-order valence-corrected chi connectivity index (χ2v) is 7.22. The molecule has 0 aliphatic heterocycles. The van der Waals surface area contributed by atoms with Gasteiger partial charge in [0, 0.05) is 6.07 Å². The molecule has 0 unspecified atom stereocenters. The van der Waals surface area contributed by atoms with Crippen LogP contribution in [-0.4, -0.2) is 22.6 Å². The highest BCUT2D eigenvalue weighted by Gasteiger charge is 2.23. The van der Waals surface area contributed by atoms with Crippen LogP contribution in [0.2, 0.25) is 0 Å². The van der Waals surface area contributed by atoms with E-state index < -0.39 is 10.0 Å². The summed E-state index contributed by atoms with van der Waals surface area (Å²) in [7, 11) is -0.608. The minimum atomic E-state index is -3.64. The number of benzene rings is 2. The van der Waals surface area contributed by atoms with E-state index >= 15 is 0 Å². The average molecular weight is 345 g/mol. The molecule has 2 aromatic carbocycles. The zero-order valence-corrected chi connectivity index (χ0v) is 14.4. The third-order valence-corrected chi connectivity index (χ3v) is 5.51. The van der Waals surface area contributed by atoms with Crippen LogP contribution in [0.1, 0.15) is 17.5 Å². The van der Waals surface area contributed by atoms with Gasteiger partial charge >= 0.3 is 0 Å². The number of ether oxygens (including phenoxy) is 2. The molecule has 1 aliphatic carbocycles. The third-order valence-electron chi connectivity index (χ3n) is 4.01. The molecule has 0 spiro atoms. The molecule has 0 saturated carbocycles. The van der Waals surface area contributed by atoms with Crippen LogP contribution >= 0.6 is 0 Å². The van der Waals surface area contributed by atoms with E-state index in [0.29, 0.717) is 34.9 Å². The molecule has 0 radical (unpaired) electrons. The first-order chi connectivity index (χ1) is 11.5. The van der Waals surface area contributed by atoms with Gasteiger partial charge in [0.05, 0.1) is 24.8 Å². The van der Waals surface area contributed by atoms with Crippen molar-refractivity contribution >= 4 is 21.8 Å². The lowest BCUT2D eigenvalue weighted by molar-refractivity contribution is 0.395. The van der Waals surface area contributed by atoms with Gasteiger partial charge in [-0.25, -0.2) is 8.42 Å². The second kappa shape index (κ2) is 6.57. The Morgan fingerprint density at radius 3 is 2.54 bits per heavy atom. The first-order valence-corrected chi connectivity index (χ1v) is 9.05. The van der Waals surface area contributed by atoms with Crippen molar-refractivity contribution in [2.45, 2.75) is 12.8 Å². The maximum atomic E-state index is 12.7. The SMILES string of the molecule is COc1ccc(NS(=O)(=O)C2=Cc3ccccc3CC2)c(OC)c1. The highest BCUT2D eigenvalue weighted by Crippen LogP contribution is 2.33. The fourth-order valence-corrected chi connectivity index (χ4v) is 3.95. The first-order valence-electron chi connectivity index (χ1n) is 7.57. The molecule has 1 N–H and O–H groups in total. The fraction of sp³-hybridized carbons (Fsp3) is 0.222. The van der Waals surface area contributed by atoms with Crippen molar-refractivity contribution in [2.75, 3.05) is 18.9 Å². The maximum Gasteiger partial charge on any atom is 0.258 e. The topological polar surface area (TPSA) is 64.6 Å². The molecular formula is C18H19NO4S. The van der Waals surface area contributed by atoms with Gasteiger partial charge in [-0.05, 0) is 42.2 Å². The molecular weight excluding hydrogens is 326 g/mol. The Hall–Kier alpha value is -2.47. The number of rotatable bonds is 5. The highest BCUT2D eigenvalue weighted by molar-refractivity contribution is 7.96. The Kier molecular flexibility index (Phi) is 4.49. The smallest absolute Gasteiger partial charge is 0.258 e. The highest BCUT2D eigenvalue weighted by atomic mass is 32.2. The van der Waals surface area contributed by atoms with Crippen LogP contribution in [-0.2, 0) is 16.4 Å². The molecule has 24 heavy (non-hydrogen) atoms. The van der Waals surface area contributed by atoms with Crippen LogP contribution in [0.3, 0.4) is 0 Å². The number of hydrogen-bond acceptors (Lipinski definition) is 4. The number of sulfonamides is 1. The zero-order chi connectivity index (χ0) is 17.2. The summed E-state index contributed by atoms with van der Waals surface area (Å²) in [5.41, 5.74) is 2.50. The Bertz CT molecular complexity index is 888. The molecule has 0 atom stereocenters. The van der Waals surface area contributed by atoms with Crippen LogP contribution in [0.4, 0.5) is 5.69 Å². The van der Waals surface area contributed by atoms with E-state index in [1.54, 1.807) is 31.4 Å². The number of nitrogens with one attached hydrogen (secondary N) is 1. The van der Waals surface area contributed by atoms with E-state index in [1.165, 1.54) is 12.7 Å². The van der Waals surface area contributed by atoms with Crippen LogP contribution in [0.15, 0.2) is 47.4 Å². The molecule has 6 heteroatoms. The molecule has 126 valence electrons. The standard InChI is InChI=1S/C18H19NO4S/c1-22-15-8-10-17(18(12-15)23-2)19-24(20,21)16-9-7-13-5-3-4-6-14(13)11-16/h3-6,8,10-12,19H,7,9H2,1-2H3. The van der Waals surface area contributed by atoms with E-state index in [9.17, 15) is 8.42 Å². The van der Waals surface area contributed by atoms with Crippen molar-refractivity contribution in [3.8, 4) is 11.5 Å². The predicted molar refractivity (Wildman–Crippen MR) is 94.8 cm³/mol. The van der Waals surface area contributed by atoms with E-state index in [4.69, 9.17) is 9.47 Å². The normalized spacial score (nSPS) is 13.7. The lowest BCUT2D eigenvalue weighted by atomic mass is 9.98. The molecule has 2 aromatic rings. The summed E-state index contributed by atoms with van der Waals surface area (Å²) in [4.78, 5) is 0.374. The summed E-state index contributed by atoms with van der Waals surface area (Å²) in [6, 6.07) is 12.8. The Labute approximate surface area is 142 Å². The summed E-state index contributed by atoms with van der Waals surface area (Å²) in [6.45, 7) is 0. The van der Waals surface area contributed by atoms with Crippen molar-refractivity contribution in [3.63, 3.8) is 0 Å². The summed E-state index contributed by atoms with van der Waals surface area (Å²) < 4.78 is 38.4. The zero-order valence-electron chi connectivity index (χ0n) is 13.6. The van der Waals surface area contributed by atoms with E-state index in [0.717, 1.165) is 5.56 Å². The van der Waals surface area contributed by atoms with Crippen LogP contribution in [0.5, 0.6) is 11.5 Å². The van der Waals surface area contributed by atoms with Gasteiger partial charge in [0.2, 0.25) is 0 Å². The van der Waals surface area contributed by atoms with Crippen molar-refractivity contribution < 1.29 is 17.9 Å². The van der Waals surface area contributed by atoms with Gasteiger partial charge in [0.25, 0.3) is 10.0 Å². The number of aryl methyl sites for hydroxylation is 1. The van der Waals surface area contributed by atoms with Gasteiger partial charge in [0.1, 0.15) is 11.5 Å². The predicted octanol–water partition coefficient (Wildman–Crippen LogP) is 3.43. The minimum Gasteiger partial charge on any atom is -0.497 e. The summed E-state index contributed by atoms with van der Waals surface area (Å²) in [5, 5.41) is 0.